The third-order valence-electron chi connectivity index (χ3n) is 5.08. The molecule has 2 saturated heterocycles. The van der Waals surface area contributed by atoms with Crippen molar-refractivity contribution in [2.45, 2.75) is 24.9 Å². The van der Waals surface area contributed by atoms with E-state index in [1.54, 1.807) is 43.1 Å². The molecule has 7 heteroatoms. The second-order valence-electron chi connectivity index (χ2n) is 6.97. The Morgan fingerprint density at radius 2 is 2.08 bits per heavy atom. The number of nitrogens with zero attached hydrogens (tertiary/aromatic N) is 4. The van der Waals surface area contributed by atoms with Gasteiger partial charge in [-0.3, -0.25) is 14.8 Å². The van der Waals surface area contributed by atoms with E-state index >= 15 is 0 Å². The van der Waals surface area contributed by atoms with Crippen LogP contribution in [0, 0.1) is 5.92 Å². The van der Waals surface area contributed by atoms with Crippen LogP contribution in [0.15, 0.2) is 43.1 Å². The van der Waals surface area contributed by atoms with E-state index in [0.29, 0.717) is 37.1 Å². The van der Waals surface area contributed by atoms with Gasteiger partial charge in [-0.15, -0.1) is 0 Å². The monoisotopic (exact) mass is 354 g/mol. The molecule has 136 valence electrons. The zero-order valence-corrected chi connectivity index (χ0v) is 14.6. The molecule has 1 amide bonds. The summed E-state index contributed by atoms with van der Waals surface area (Å²) in [6, 6.07) is 3.50. The average molecular weight is 354 g/mol. The third-order valence-corrected chi connectivity index (χ3v) is 5.08. The Balaban J connectivity index is 1.26. The zero-order valence-electron chi connectivity index (χ0n) is 14.6. The quantitative estimate of drug-likeness (QED) is 0.817. The number of rotatable bonds is 5. The molecule has 1 spiro atoms. The van der Waals surface area contributed by atoms with Gasteiger partial charge in [-0.05, 0) is 37.3 Å². The molecule has 7 nitrogen and oxygen atoms in total. The summed E-state index contributed by atoms with van der Waals surface area (Å²) < 4.78 is 11.7. The molecule has 1 unspecified atom stereocenters. The molecule has 2 aromatic rings. The maximum atomic E-state index is 12.5. The number of carbonyl (C=O) groups excluding carboxylic acids is 1. The van der Waals surface area contributed by atoms with Crippen LogP contribution in [0.5, 0.6) is 5.88 Å². The normalized spacial score (nSPS) is 21.2. The van der Waals surface area contributed by atoms with E-state index in [4.69, 9.17) is 9.47 Å². The largest absolute Gasteiger partial charge is 0.477 e. The number of aromatic nitrogens is 3. The number of hydrogen-bond acceptors (Lipinski definition) is 6. The predicted molar refractivity (Wildman–Crippen MR) is 93.7 cm³/mol. The molecule has 4 rings (SSSR count). The lowest BCUT2D eigenvalue weighted by Gasteiger charge is -2.53. The van der Waals surface area contributed by atoms with Gasteiger partial charge in [0.15, 0.2) is 0 Å². The van der Waals surface area contributed by atoms with E-state index in [0.717, 1.165) is 25.9 Å². The van der Waals surface area contributed by atoms with Gasteiger partial charge in [0, 0.05) is 37.0 Å². The number of hydrogen-bond donors (Lipinski definition) is 0. The van der Waals surface area contributed by atoms with Gasteiger partial charge in [0.1, 0.15) is 5.60 Å². The molecule has 2 aliphatic heterocycles. The number of carbonyl (C=O) groups is 1. The Hall–Kier alpha value is -2.54. The predicted octanol–water partition coefficient (Wildman–Crippen LogP) is 1.96. The first kappa shape index (κ1) is 16.9. The Morgan fingerprint density at radius 1 is 1.23 bits per heavy atom. The molecule has 0 aromatic carbocycles. The average Bonchev–Trinajstić information content (AvgIpc) is 2.67. The highest BCUT2D eigenvalue weighted by Gasteiger charge is 2.49. The van der Waals surface area contributed by atoms with Gasteiger partial charge in [-0.2, -0.15) is 0 Å². The van der Waals surface area contributed by atoms with Crippen LogP contribution in [0.2, 0.25) is 0 Å². The van der Waals surface area contributed by atoms with Gasteiger partial charge >= 0.3 is 0 Å². The maximum absolute atomic E-state index is 12.5. The molecule has 0 N–H and O–H groups in total. The minimum absolute atomic E-state index is 0.0507. The Kier molecular flexibility index (Phi) is 4.79. The van der Waals surface area contributed by atoms with Crippen molar-refractivity contribution in [2.75, 3.05) is 26.3 Å². The van der Waals surface area contributed by atoms with Crippen molar-refractivity contribution in [3.8, 4) is 5.88 Å². The first-order valence-electron chi connectivity index (χ1n) is 8.96. The van der Waals surface area contributed by atoms with Gasteiger partial charge in [0.25, 0.3) is 5.91 Å². The highest BCUT2D eigenvalue weighted by atomic mass is 16.5. The van der Waals surface area contributed by atoms with Crippen molar-refractivity contribution in [3.05, 3.63) is 48.7 Å². The second kappa shape index (κ2) is 7.37. The summed E-state index contributed by atoms with van der Waals surface area (Å²) in [7, 11) is 0. The fourth-order valence-corrected chi connectivity index (χ4v) is 3.76. The van der Waals surface area contributed by atoms with Crippen molar-refractivity contribution in [2.24, 2.45) is 5.92 Å². The minimum Gasteiger partial charge on any atom is -0.477 e. The summed E-state index contributed by atoms with van der Waals surface area (Å²) in [4.78, 5) is 26.4. The molecule has 0 saturated carbocycles. The van der Waals surface area contributed by atoms with Crippen LogP contribution in [0.3, 0.4) is 0 Å². The molecular weight excluding hydrogens is 332 g/mol. The first-order valence-corrected chi connectivity index (χ1v) is 8.96. The van der Waals surface area contributed by atoms with Crippen LogP contribution in [0.4, 0.5) is 0 Å². The zero-order chi connectivity index (χ0) is 17.8. The molecule has 0 radical (unpaired) electrons. The minimum atomic E-state index is -0.182. The van der Waals surface area contributed by atoms with Crippen molar-refractivity contribution < 1.29 is 14.3 Å². The fourth-order valence-electron chi connectivity index (χ4n) is 3.76. The summed E-state index contributed by atoms with van der Waals surface area (Å²) in [5.74, 6) is 1.15. The van der Waals surface area contributed by atoms with E-state index < -0.39 is 0 Å². The van der Waals surface area contributed by atoms with E-state index in [1.807, 2.05) is 4.90 Å². The van der Waals surface area contributed by atoms with Crippen LogP contribution in [0.25, 0.3) is 0 Å². The van der Waals surface area contributed by atoms with Crippen LogP contribution < -0.4 is 4.74 Å². The van der Waals surface area contributed by atoms with Crippen LogP contribution in [-0.2, 0) is 4.74 Å². The van der Waals surface area contributed by atoms with Gasteiger partial charge in [-0.25, -0.2) is 4.98 Å². The molecule has 2 aromatic heterocycles. The lowest BCUT2D eigenvalue weighted by Crippen LogP contribution is -2.66. The topological polar surface area (TPSA) is 77.4 Å². The van der Waals surface area contributed by atoms with Gasteiger partial charge in [-0.1, -0.05) is 0 Å². The summed E-state index contributed by atoms with van der Waals surface area (Å²) in [6.07, 6.45) is 11.1. The SMILES string of the molecule is O=C(c1ccncc1)N1CC2(CC(CCOc3cnccn3)CCO2)C1. The summed E-state index contributed by atoms with van der Waals surface area (Å²) in [5, 5.41) is 0. The molecular formula is C19H22N4O3. The number of ether oxygens (including phenoxy) is 2. The smallest absolute Gasteiger partial charge is 0.254 e. The van der Waals surface area contributed by atoms with Crippen molar-refractivity contribution in [1.29, 1.82) is 0 Å². The highest BCUT2D eigenvalue weighted by molar-refractivity contribution is 5.94. The maximum Gasteiger partial charge on any atom is 0.254 e. The Labute approximate surface area is 152 Å². The summed E-state index contributed by atoms with van der Waals surface area (Å²) in [6.45, 7) is 2.69. The molecule has 26 heavy (non-hydrogen) atoms. The highest BCUT2D eigenvalue weighted by Crippen LogP contribution is 2.38. The lowest BCUT2D eigenvalue weighted by atomic mass is 9.79. The van der Waals surface area contributed by atoms with Crippen LogP contribution in [0.1, 0.15) is 29.6 Å². The number of pyridine rings is 1. The lowest BCUT2D eigenvalue weighted by molar-refractivity contribution is -0.166. The number of amides is 1. The molecule has 4 heterocycles. The molecule has 1 atom stereocenters. The molecule has 2 fully saturated rings. The van der Waals surface area contributed by atoms with Crippen LogP contribution >= 0.6 is 0 Å². The van der Waals surface area contributed by atoms with Gasteiger partial charge < -0.3 is 14.4 Å². The Morgan fingerprint density at radius 3 is 2.85 bits per heavy atom. The first-order chi connectivity index (χ1) is 12.7. The standard InChI is InChI=1S/C19H22N4O3/c24-18(16-1-5-20-6-2-16)23-13-19(14-23)11-15(4-10-26-19)3-9-25-17-12-21-7-8-22-17/h1-2,5-8,12,15H,3-4,9-11,13-14H2. The van der Waals surface area contributed by atoms with E-state index in [-0.39, 0.29) is 11.5 Å². The second-order valence-corrected chi connectivity index (χ2v) is 6.97. The van der Waals surface area contributed by atoms with E-state index in [2.05, 4.69) is 15.0 Å². The van der Waals surface area contributed by atoms with Crippen molar-refractivity contribution >= 4 is 5.91 Å². The molecule has 0 aliphatic carbocycles. The van der Waals surface area contributed by atoms with E-state index in [9.17, 15) is 4.79 Å². The summed E-state index contributed by atoms with van der Waals surface area (Å²) in [5.41, 5.74) is 0.498. The molecule has 0 bridgehead atoms. The van der Waals surface area contributed by atoms with Crippen LogP contribution in [-0.4, -0.2) is 57.7 Å². The van der Waals surface area contributed by atoms with Crippen molar-refractivity contribution in [3.63, 3.8) is 0 Å². The summed E-state index contributed by atoms with van der Waals surface area (Å²) >= 11 is 0. The molecule has 2 aliphatic rings. The van der Waals surface area contributed by atoms with Gasteiger partial charge in [0.05, 0.1) is 25.9 Å². The Bertz CT molecular complexity index is 735. The fraction of sp³-hybridized carbons (Fsp3) is 0.474. The number of likely N-dealkylation sites (tertiary alicyclic amines) is 1. The third kappa shape index (κ3) is 3.67. The van der Waals surface area contributed by atoms with Gasteiger partial charge in [0.2, 0.25) is 5.88 Å². The van der Waals surface area contributed by atoms with Crippen molar-refractivity contribution in [1.82, 2.24) is 19.9 Å². The van der Waals surface area contributed by atoms with E-state index in [1.165, 1.54) is 0 Å².